The van der Waals surface area contributed by atoms with Gasteiger partial charge in [0.1, 0.15) is 12.6 Å². The number of alkyl carbamates (subject to hydrolysis) is 1. The van der Waals surface area contributed by atoms with E-state index >= 15 is 0 Å². The van der Waals surface area contributed by atoms with Crippen LogP contribution in [0.15, 0.2) is 30.3 Å². The summed E-state index contributed by atoms with van der Waals surface area (Å²) in [6.45, 7) is 3.63. The van der Waals surface area contributed by atoms with Crippen LogP contribution in [0, 0.1) is 5.92 Å². The van der Waals surface area contributed by atoms with Gasteiger partial charge in [0.05, 0.1) is 0 Å². The molecule has 7 nitrogen and oxygen atoms in total. The lowest BCUT2D eigenvalue weighted by Crippen LogP contribution is -2.67. The first-order valence-corrected chi connectivity index (χ1v) is 8.52. The Balaban J connectivity index is 2.90. The van der Waals surface area contributed by atoms with Crippen LogP contribution in [0.5, 0.6) is 0 Å². The molecule has 3 amide bonds. The van der Waals surface area contributed by atoms with Crippen LogP contribution in [0.2, 0.25) is 0 Å². The Morgan fingerprint density at radius 1 is 1.14 bits per heavy atom. The van der Waals surface area contributed by atoms with Gasteiger partial charge in [-0.25, -0.2) is 4.79 Å². The number of primary amides is 1. The summed E-state index contributed by atoms with van der Waals surface area (Å²) in [5, 5.41) is 3.52. The molecule has 0 saturated heterocycles. The number of nitrogens with one attached hydrogen (secondary N) is 2. The van der Waals surface area contributed by atoms with Gasteiger partial charge >= 0.3 is 12.3 Å². The van der Waals surface area contributed by atoms with E-state index in [1.807, 2.05) is 5.32 Å². The largest absolute Gasteiger partial charge is 0.445 e. The van der Waals surface area contributed by atoms with Gasteiger partial charge in [-0.3, -0.25) is 14.9 Å². The van der Waals surface area contributed by atoms with Crippen molar-refractivity contribution in [1.82, 2.24) is 10.6 Å². The van der Waals surface area contributed by atoms with Gasteiger partial charge in [0.15, 0.2) is 0 Å². The van der Waals surface area contributed by atoms with Crippen LogP contribution in [0.1, 0.15) is 32.8 Å². The molecule has 0 saturated carbocycles. The smallest absolute Gasteiger partial charge is 0.420 e. The molecular weight excluding hydrogens is 379 g/mol. The lowest BCUT2D eigenvalue weighted by molar-refractivity contribution is -0.194. The standard InChI is InChI=1S/C18H24F3N3O4/c1-11(2)9-13(14(22)25)23-15(26)17(3,18(19,20)21)24-16(27)28-10-12-7-5-4-6-8-12/h4-8,11,13H,9-10H2,1-3H3,(H2,22,25)(H,23,26)(H,24,27)/t13-,17?/m0/s1. The summed E-state index contributed by atoms with van der Waals surface area (Å²) in [6, 6.07) is 6.99. The molecule has 1 rings (SSSR count). The molecule has 1 unspecified atom stereocenters. The second kappa shape index (κ2) is 9.43. The van der Waals surface area contributed by atoms with E-state index in [0.29, 0.717) is 12.5 Å². The normalized spacial score (nSPS) is 14.7. The van der Waals surface area contributed by atoms with Crippen molar-refractivity contribution in [3.63, 3.8) is 0 Å². The van der Waals surface area contributed by atoms with Gasteiger partial charge in [0.2, 0.25) is 11.4 Å². The van der Waals surface area contributed by atoms with E-state index in [1.54, 1.807) is 49.5 Å². The number of amides is 3. The zero-order valence-electron chi connectivity index (χ0n) is 15.8. The van der Waals surface area contributed by atoms with Gasteiger partial charge in [-0.05, 0) is 24.8 Å². The Kier molecular flexibility index (Phi) is 7.83. The molecule has 0 heterocycles. The fraction of sp³-hybridized carbons (Fsp3) is 0.500. The third-order valence-electron chi connectivity index (χ3n) is 3.94. The number of hydrogen-bond donors (Lipinski definition) is 3. The number of hydrogen-bond acceptors (Lipinski definition) is 4. The van der Waals surface area contributed by atoms with Crippen molar-refractivity contribution < 1.29 is 32.3 Å². The van der Waals surface area contributed by atoms with Gasteiger partial charge in [0.25, 0.3) is 5.91 Å². The lowest BCUT2D eigenvalue weighted by Gasteiger charge is -2.32. The minimum absolute atomic E-state index is 0.0491. The first-order chi connectivity index (χ1) is 12.9. The number of benzene rings is 1. The third kappa shape index (κ3) is 6.43. The second-order valence-electron chi connectivity index (χ2n) is 6.87. The SMILES string of the molecule is CC(C)C[C@H](NC(=O)C(C)(NC(=O)OCc1ccccc1)C(F)(F)F)C(N)=O. The van der Waals surface area contributed by atoms with Crippen molar-refractivity contribution in [3.05, 3.63) is 35.9 Å². The van der Waals surface area contributed by atoms with Crippen LogP contribution < -0.4 is 16.4 Å². The van der Waals surface area contributed by atoms with Crippen LogP contribution >= 0.6 is 0 Å². The highest BCUT2D eigenvalue weighted by atomic mass is 19.4. The minimum Gasteiger partial charge on any atom is -0.445 e. The molecule has 4 N–H and O–H groups in total. The molecule has 0 radical (unpaired) electrons. The molecule has 0 aliphatic carbocycles. The predicted octanol–water partition coefficient (Wildman–Crippen LogP) is 2.25. The predicted molar refractivity (Wildman–Crippen MR) is 94.8 cm³/mol. The fourth-order valence-corrected chi connectivity index (χ4v) is 2.24. The van der Waals surface area contributed by atoms with Gasteiger partial charge in [-0.1, -0.05) is 44.2 Å². The first-order valence-electron chi connectivity index (χ1n) is 8.52. The number of rotatable bonds is 8. The zero-order chi connectivity index (χ0) is 21.5. The molecule has 0 aromatic heterocycles. The summed E-state index contributed by atoms with van der Waals surface area (Å²) in [7, 11) is 0. The number of nitrogens with two attached hydrogens (primary N) is 1. The Morgan fingerprint density at radius 2 is 1.71 bits per heavy atom. The topological polar surface area (TPSA) is 111 Å². The van der Waals surface area contributed by atoms with Crippen LogP contribution in [0.4, 0.5) is 18.0 Å². The van der Waals surface area contributed by atoms with Crippen LogP contribution in [0.3, 0.4) is 0 Å². The molecule has 156 valence electrons. The van der Waals surface area contributed by atoms with Gasteiger partial charge < -0.3 is 15.8 Å². The van der Waals surface area contributed by atoms with Crippen LogP contribution in [-0.4, -0.2) is 35.7 Å². The van der Waals surface area contributed by atoms with Gasteiger partial charge in [-0.15, -0.1) is 0 Å². The third-order valence-corrected chi connectivity index (χ3v) is 3.94. The van der Waals surface area contributed by atoms with E-state index in [2.05, 4.69) is 0 Å². The zero-order valence-corrected chi connectivity index (χ0v) is 15.8. The molecule has 0 bridgehead atoms. The number of ether oxygens (including phenoxy) is 1. The number of carbonyl (C=O) groups is 3. The Morgan fingerprint density at radius 3 is 2.18 bits per heavy atom. The van der Waals surface area contributed by atoms with Gasteiger partial charge in [0, 0.05) is 0 Å². The highest BCUT2D eigenvalue weighted by molar-refractivity contribution is 5.94. The minimum atomic E-state index is -5.15. The van der Waals surface area contributed by atoms with E-state index < -0.39 is 35.7 Å². The Hall–Kier alpha value is -2.78. The maximum atomic E-state index is 13.5. The molecule has 1 aromatic carbocycles. The Bertz CT molecular complexity index is 695. The number of alkyl halides is 3. The van der Waals surface area contributed by atoms with Crippen molar-refractivity contribution in [2.75, 3.05) is 0 Å². The van der Waals surface area contributed by atoms with E-state index in [1.165, 1.54) is 0 Å². The van der Waals surface area contributed by atoms with Crippen molar-refractivity contribution in [3.8, 4) is 0 Å². The van der Waals surface area contributed by atoms with E-state index in [4.69, 9.17) is 10.5 Å². The van der Waals surface area contributed by atoms with Crippen LogP contribution in [-0.2, 0) is 20.9 Å². The van der Waals surface area contributed by atoms with Crippen molar-refractivity contribution >= 4 is 17.9 Å². The van der Waals surface area contributed by atoms with Crippen molar-refractivity contribution in [2.24, 2.45) is 11.7 Å². The quantitative estimate of drug-likeness (QED) is 0.618. The molecule has 0 aliphatic rings. The molecule has 28 heavy (non-hydrogen) atoms. The maximum Gasteiger partial charge on any atom is 0.420 e. The summed E-state index contributed by atoms with van der Waals surface area (Å²) in [5.74, 6) is -2.70. The summed E-state index contributed by atoms with van der Waals surface area (Å²) < 4.78 is 45.4. The average Bonchev–Trinajstić information content (AvgIpc) is 2.58. The lowest BCUT2D eigenvalue weighted by atomic mass is 9.98. The highest BCUT2D eigenvalue weighted by Crippen LogP contribution is 2.31. The van der Waals surface area contributed by atoms with Crippen molar-refractivity contribution in [2.45, 2.75) is 51.6 Å². The summed E-state index contributed by atoms with van der Waals surface area (Å²) in [4.78, 5) is 35.6. The molecular formula is C18H24F3N3O4. The molecule has 0 spiro atoms. The van der Waals surface area contributed by atoms with Crippen molar-refractivity contribution in [1.29, 1.82) is 0 Å². The monoisotopic (exact) mass is 403 g/mol. The molecule has 10 heteroatoms. The summed E-state index contributed by atoms with van der Waals surface area (Å²) in [6.07, 6.45) is -6.53. The molecule has 1 aromatic rings. The molecule has 0 fully saturated rings. The highest BCUT2D eigenvalue weighted by Gasteiger charge is 2.58. The van der Waals surface area contributed by atoms with Gasteiger partial charge in [-0.2, -0.15) is 13.2 Å². The average molecular weight is 403 g/mol. The van der Waals surface area contributed by atoms with E-state index in [-0.39, 0.29) is 18.9 Å². The summed E-state index contributed by atoms with van der Waals surface area (Å²) >= 11 is 0. The van der Waals surface area contributed by atoms with Crippen LogP contribution in [0.25, 0.3) is 0 Å². The molecule has 0 aliphatic heterocycles. The number of carbonyl (C=O) groups excluding carboxylic acids is 3. The fourth-order valence-electron chi connectivity index (χ4n) is 2.24. The van der Waals surface area contributed by atoms with E-state index in [0.717, 1.165) is 0 Å². The first kappa shape index (κ1) is 23.3. The Labute approximate surface area is 160 Å². The number of halogens is 3. The maximum absolute atomic E-state index is 13.5. The molecule has 2 atom stereocenters. The summed E-state index contributed by atoms with van der Waals surface area (Å²) in [5.41, 5.74) is 2.39. The second-order valence-corrected chi connectivity index (χ2v) is 6.87. The van der Waals surface area contributed by atoms with E-state index in [9.17, 15) is 27.6 Å².